The Hall–Kier alpha value is -2.98. The summed E-state index contributed by atoms with van der Waals surface area (Å²) in [6.07, 6.45) is -1.99. The zero-order chi connectivity index (χ0) is 23.5. The summed E-state index contributed by atoms with van der Waals surface area (Å²) in [6, 6.07) is 10.3. The zero-order valence-electron chi connectivity index (χ0n) is 17.2. The van der Waals surface area contributed by atoms with Crippen LogP contribution in [-0.4, -0.2) is 55.5 Å². The van der Waals surface area contributed by atoms with E-state index in [4.69, 9.17) is 0 Å². The van der Waals surface area contributed by atoms with Crippen LogP contribution in [0.15, 0.2) is 59.5 Å². The average molecular weight is 466 g/mol. The molecular weight excluding hydrogens is 445 g/mol. The molecule has 0 spiro atoms. The molecule has 170 valence electrons. The molecule has 32 heavy (non-hydrogen) atoms. The van der Waals surface area contributed by atoms with Gasteiger partial charge < -0.3 is 4.90 Å². The molecule has 0 N–H and O–H groups in total. The molecule has 0 atom stereocenters. The predicted molar refractivity (Wildman–Crippen MR) is 112 cm³/mol. The highest BCUT2D eigenvalue weighted by Crippen LogP contribution is 2.29. The summed E-state index contributed by atoms with van der Waals surface area (Å²) in [5, 5.41) is 0. The van der Waals surface area contributed by atoms with Gasteiger partial charge in [0.2, 0.25) is 15.9 Å². The summed E-state index contributed by atoms with van der Waals surface area (Å²) >= 11 is 0. The van der Waals surface area contributed by atoms with E-state index in [9.17, 15) is 31.2 Å². The maximum Gasteiger partial charge on any atom is 0.416 e. The molecule has 0 unspecified atom stereocenters. The van der Waals surface area contributed by atoms with Crippen molar-refractivity contribution >= 4 is 27.8 Å². The Balaban J connectivity index is 1.62. The van der Waals surface area contributed by atoms with Gasteiger partial charge in [-0.2, -0.15) is 17.5 Å². The number of nitrogens with zero attached hydrogens (tertiary/aromatic N) is 2. The van der Waals surface area contributed by atoms with Crippen LogP contribution in [0.2, 0.25) is 0 Å². The van der Waals surface area contributed by atoms with Crippen molar-refractivity contribution in [3.8, 4) is 0 Å². The third-order valence-corrected chi connectivity index (χ3v) is 6.99. The smallest absolute Gasteiger partial charge is 0.337 e. The molecule has 0 bridgehead atoms. The van der Waals surface area contributed by atoms with Crippen LogP contribution >= 0.6 is 0 Å². The van der Waals surface area contributed by atoms with Crippen LogP contribution in [0.25, 0.3) is 6.08 Å². The Morgan fingerprint density at radius 2 is 1.59 bits per heavy atom. The molecule has 3 rings (SSSR count). The van der Waals surface area contributed by atoms with Crippen LogP contribution in [0.5, 0.6) is 0 Å². The molecule has 1 saturated heterocycles. The number of hydrogen-bond donors (Lipinski definition) is 0. The summed E-state index contributed by atoms with van der Waals surface area (Å²) in [6.45, 7) is 1.86. The highest BCUT2D eigenvalue weighted by atomic mass is 32.2. The quantitative estimate of drug-likeness (QED) is 0.500. The molecule has 2 aromatic carbocycles. The number of piperazine rings is 1. The Labute approximate surface area is 184 Å². The van der Waals surface area contributed by atoms with Crippen LogP contribution in [-0.2, 0) is 21.0 Å². The van der Waals surface area contributed by atoms with Crippen LogP contribution in [0.4, 0.5) is 13.2 Å². The molecule has 0 saturated carbocycles. The van der Waals surface area contributed by atoms with E-state index in [1.807, 2.05) is 0 Å². The van der Waals surface area contributed by atoms with Crippen LogP contribution in [0.3, 0.4) is 0 Å². The summed E-state index contributed by atoms with van der Waals surface area (Å²) in [5.74, 6) is -0.579. The first kappa shape index (κ1) is 23.7. The summed E-state index contributed by atoms with van der Waals surface area (Å²) < 4.78 is 65.3. The van der Waals surface area contributed by atoms with Gasteiger partial charge in [0.05, 0.1) is 10.5 Å². The van der Waals surface area contributed by atoms with Gasteiger partial charge in [-0.25, -0.2) is 8.42 Å². The van der Waals surface area contributed by atoms with Gasteiger partial charge in [0.15, 0.2) is 5.78 Å². The van der Waals surface area contributed by atoms with Gasteiger partial charge in [-0.3, -0.25) is 9.59 Å². The Morgan fingerprint density at radius 3 is 2.16 bits per heavy atom. The molecule has 1 aliphatic rings. The number of benzene rings is 2. The normalized spacial score (nSPS) is 15.8. The molecule has 0 radical (unpaired) electrons. The van der Waals surface area contributed by atoms with E-state index in [1.54, 1.807) is 0 Å². The van der Waals surface area contributed by atoms with Crippen LogP contribution in [0.1, 0.15) is 28.4 Å². The van der Waals surface area contributed by atoms with Crippen molar-refractivity contribution in [1.29, 1.82) is 0 Å². The maximum absolute atomic E-state index is 12.8. The van der Waals surface area contributed by atoms with Crippen molar-refractivity contribution in [2.24, 2.45) is 0 Å². The fourth-order valence-corrected chi connectivity index (χ4v) is 4.67. The molecule has 0 aliphatic carbocycles. The van der Waals surface area contributed by atoms with E-state index in [0.717, 1.165) is 12.1 Å². The van der Waals surface area contributed by atoms with Crippen molar-refractivity contribution in [3.63, 3.8) is 0 Å². The van der Waals surface area contributed by atoms with E-state index < -0.39 is 27.7 Å². The number of carbonyl (C=O) groups excluding carboxylic acids is 2. The van der Waals surface area contributed by atoms with E-state index in [2.05, 4.69) is 0 Å². The number of alkyl halides is 3. The Bertz CT molecular complexity index is 1130. The lowest BCUT2D eigenvalue weighted by molar-refractivity contribution is -0.137. The first-order valence-electron chi connectivity index (χ1n) is 9.74. The van der Waals surface area contributed by atoms with Gasteiger partial charge in [-0.15, -0.1) is 0 Å². The average Bonchev–Trinajstić information content (AvgIpc) is 2.77. The minimum absolute atomic E-state index is 0.0618. The van der Waals surface area contributed by atoms with Crippen molar-refractivity contribution in [3.05, 3.63) is 71.3 Å². The van der Waals surface area contributed by atoms with Crippen LogP contribution in [0, 0.1) is 0 Å². The third-order valence-electron chi connectivity index (χ3n) is 5.08. The summed E-state index contributed by atoms with van der Waals surface area (Å²) in [5.41, 5.74) is -0.155. The predicted octanol–water partition coefficient (Wildman–Crippen LogP) is 3.45. The lowest BCUT2D eigenvalue weighted by atomic mass is 10.1. The third kappa shape index (κ3) is 5.43. The molecule has 1 aliphatic heterocycles. The molecule has 1 fully saturated rings. The lowest BCUT2D eigenvalue weighted by Crippen LogP contribution is -2.50. The maximum atomic E-state index is 12.8. The minimum Gasteiger partial charge on any atom is -0.337 e. The second-order valence-corrected chi connectivity index (χ2v) is 9.20. The van der Waals surface area contributed by atoms with E-state index in [0.29, 0.717) is 5.56 Å². The molecule has 6 nitrogen and oxygen atoms in total. The number of sulfonamides is 1. The largest absolute Gasteiger partial charge is 0.416 e. The van der Waals surface area contributed by atoms with Gasteiger partial charge in [0.1, 0.15) is 0 Å². The number of Topliss-reactive ketones (excluding diaryl/α,β-unsaturated/α-hetero) is 1. The van der Waals surface area contributed by atoms with Crippen molar-refractivity contribution in [1.82, 2.24) is 9.21 Å². The van der Waals surface area contributed by atoms with Crippen LogP contribution < -0.4 is 0 Å². The number of halogens is 3. The van der Waals surface area contributed by atoms with Crippen molar-refractivity contribution < 1.29 is 31.2 Å². The topological polar surface area (TPSA) is 74.8 Å². The standard InChI is InChI=1S/C22H21F3N2O4S/c1-16(28)18-6-8-20(9-7-18)32(30,31)27-13-11-26(12-14-27)21(29)10-5-17-3-2-4-19(15-17)22(23,24)25/h2-10,15H,11-14H2,1H3/b10-5-. The monoisotopic (exact) mass is 466 g/mol. The summed E-state index contributed by atoms with van der Waals surface area (Å²) in [7, 11) is -3.77. The number of ketones is 1. The van der Waals surface area contributed by atoms with Gasteiger partial charge in [-0.1, -0.05) is 24.3 Å². The first-order chi connectivity index (χ1) is 15.0. The van der Waals surface area contributed by atoms with Gasteiger partial charge in [0.25, 0.3) is 0 Å². The highest BCUT2D eigenvalue weighted by molar-refractivity contribution is 7.89. The van der Waals surface area contributed by atoms with Crippen molar-refractivity contribution in [2.75, 3.05) is 26.2 Å². The highest BCUT2D eigenvalue weighted by Gasteiger charge is 2.31. The molecule has 10 heteroatoms. The van der Waals surface area contributed by atoms with Gasteiger partial charge in [-0.05, 0) is 42.8 Å². The van der Waals surface area contributed by atoms with Gasteiger partial charge in [0, 0.05) is 37.8 Å². The lowest BCUT2D eigenvalue weighted by Gasteiger charge is -2.33. The SMILES string of the molecule is CC(=O)c1ccc(S(=O)(=O)N2CCN(C(=O)/C=C\c3cccc(C(F)(F)F)c3)CC2)cc1. The second-order valence-electron chi connectivity index (χ2n) is 7.27. The number of hydrogen-bond acceptors (Lipinski definition) is 4. The summed E-state index contributed by atoms with van der Waals surface area (Å²) in [4.78, 5) is 25.3. The Morgan fingerprint density at radius 1 is 0.969 bits per heavy atom. The first-order valence-corrected chi connectivity index (χ1v) is 11.2. The van der Waals surface area contributed by atoms with E-state index in [-0.39, 0.29) is 42.4 Å². The molecule has 2 aromatic rings. The van der Waals surface area contributed by atoms with E-state index in [1.165, 1.54) is 64.7 Å². The minimum atomic E-state index is -4.47. The number of rotatable bonds is 5. The van der Waals surface area contributed by atoms with E-state index >= 15 is 0 Å². The fraction of sp³-hybridized carbons (Fsp3) is 0.273. The fourth-order valence-electron chi connectivity index (χ4n) is 3.25. The molecule has 1 amide bonds. The zero-order valence-corrected chi connectivity index (χ0v) is 18.0. The Kier molecular flexibility index (Phi) is 6.85. The molecular formula is C22H21F3N2O4S. The van der Waals surface area contributed by atoms with Gasteiger partial charge >= 0.3 is 6.18 Å². The second kappa shape index (κ2) is 9.25. The molecule has 0 aromatic heterocycles. The number of carbonyl (C=O) groups is 2. The van der Waals surface area contributed by atoms with Crippen molar-refractivity contribution in [2.45, 2.75) is 18.0 Å². The number of amides is 1. The molecule has 1 heterocycles.